The Morgan fingerprint density at radius 2 is 1.64 bits per heavy atom. The van der Waals surface area contributed by atoms with E-state index in [4.69, 9.17) is 18.6 Å². The predicted molar refractivity (Wildman–Crippen MR) is 101 cm³/mol. The van der Waals surface area contributed by atoms with E-state index >= 15 is 0 Å². The van der Waals surface area contributed by atoms with Crippen molar-refractivity contribution in [3.8, 4) is 11.5 Å². The van der Waals surface area contributed by atoms with Gasteiger partial charge in [-0.05, 0) is 12.1 Å². The fourth-order valence-electron chi connectivity index (χ4n) is 2.66. The SMILES string of the molecule is COC(=O)c1cc(OC)c(OC)cc1NC(=O)c1cc(=O)c2ccccc2o1. The molecule has 0 radical (unpaired) electrons. The molecule has 0 spiro atoms. The Morgan fingerprint density at radius 1 is 0.964 bits per heavy atom. The van der Waals surface area contributed by atoms with Gasteiger partial charge in [-0.1, -0.05) is 12.1 Å². The van der Waals surface area contributed by atoms with Crippen molar-refractivity contribution < 1.29 is 28.2 Å². The molecule has 0 bridgehead atoms. The maximum Gasteiger partial charge on any atom is 0.340 e. The number of rotatable bonds is 5. The van der Waals surface area contributed by atoms with Crippen LogP contribution in [0.3, 0.4) is 0 Å². The van der Waals surface area contributed by atoms with Crippen molar-refractivity contribution in [1.29, 1.82) is 0 Å². The molecule has 1 aromatic heterocycles. The van der Waals surface area contributed by atoms with Crippen molar-refractivity contribution in [2.75, 3.05) is 26.6 Å². The van der Waals surface area contributed by atoms with E-state index in [9.17, 15) is 14.4 Å². The number of benzene rings is 2. The zero-order valence-electron chi connectivity index (χ0n) is 15.4. The minimum Gasteiger partial charge on any atom is -0.493 e. The van der Waals surface area contributed by atoms with E-state index < -0.39 is 11.9 Å². The topological polar surface area (TPSA) is 104 Å². The van der Waals surface area contributed by atoms with Gasteiger partial charge in [-0.3, -0.25) is 9.59 Å². The van der Waals surface area contributed by atoms with Crippen LogP contribution in [0.1, 0.15) is 20.9 Å². The molecule has 144 valence electrons. The van der Waals surface area contributed by atoms with Gasteiger partial charge in [-0.15, -0.1) is 0 Å². The predicted octanol–water partition coefficient (Wildman–Crippen LogP) is 2.85. The molecule has 1 amide bonds. The largest absolute Gasteiger partial charge is 0.493 e. The van der Waals surface area contributed by atoms with Gasteiger partial charge in [0.15, 0.2) is 22.7 Å². The number of amides is 1. The summed E-state index contributed by atoms with van der Waals surface area (Å²) in [6.45, 7) is 0. The van der Waals surface area contributed by atoms with Gasteiger partial charge in [0, 0.05) is 18.2 Å². The third-order valence-electron chi connectivity index (χ3n) is 4.04. The van der Waals surface area contributed by atoms with Crippen molar-refractivity contribution in [2.24, 2.45) is 0 Å². The molecule has 0 saturated carbocycles. The normalized spacial score (nSPS) is 10.4. The average molecular weight is 383 g/mol. The monoisotopic (exact) mass is 383 g/mol. The van der Waals surface area contributed by atoms with Crippen LogP contribution in [-0.4, -0.2) is 33.2 Å². The molecule has 8 heteroatoms. The zero-order chi connectivity index (χ0) is 20.3. The first kappa shape index (κ1) is 19.0. The second kappa shape index (κ2) is 7.83. The molecule has 8 nitrogen and oxygen atoms in total. The second-order valence-electron chi connectivity index (χ2n) is 5.67. The van der Waals surface area contributed by atoms with E-state index in [0.29, 0.717) is 11.1 Å². The van der Waals surface area contributed by atoms with Gasteiger partial charge in [0.2, 0.25) is 0 Å². The first-order chi connectivity index (χ1) is 13.5. The Labute approximate surface area is 159 Å². The van der Waals surface area contributed by atoms with E-state index in [0.717, 1.165) is 6.07 Å². The van der Waals surface area contributed by atoms with Crippen molar-refractivity contribution in [3.05, 3.63) is 64.0 Å². The van der Waals surface area contributed by atoms with Crippen LogP contribution < -0.4 is 20.2 Å². The molecule has 1 N–H and O–H groups in total. The maximum atomic E-state index is 12.7. The molecule has 2 aromatic carbocycles. The molecule has 0 saturated heterocycles. The molecule has 3 rings (SSSR count). The van der Waals surface area contributed by atoms with Crippen LogP contribution in [0.4, 0.5) is 5.69 Å². The second-order valence-corrected chi connectivity index (χ2v) is 5.67. The highest BCUT2D eigenvalue weighted by Crippen LogP contribution is 2.34. The van der Waals surface area contributed by atoms with Gasteiger partial charge in [-0.25, -0.2) is 4.79 Å². The minimum atomic E-state index is -0.708. The van der Waals surface area contributed by atoms with E-state index in [-0.39, 0.29) is 33.8 Å². The number of para-hydroxylation sites is 1. The lowest BCUT2D eigenvalue weighted by Crippen LogP contribution is -2.17. The van der Waals surface area contributed by atoms with Gasteiger partial charge >= 0.3 is 5.97 Å². The van der Waals surface area contributed by atoms with Gasteiger partial charge in [0.25, 0.3) is 5.91 Å². The molecular formula is C20H17NO7. The lowest BCUT2D eigenvalue weighted by Gasteiger charge is -2.14. The lowest BCUT2D eigenvalue weighted by molar-refractivity contribution is 0.0601. The third-order valence-corrected chi connectivity index (χ3v) is 4.04. The molecule has 0 aliphatic carbocycles. The Bertz CT molecular complexity index is 1120. The van der Waals surface area contributed by atoms with Crippen molar-refractivity contribution in [2.45, 2.75) is 0 Å². The van der Waals surface area contributed by atoms with Crippen LogP contribution in [0.15, 0.2) is 51.7 Å². The zero-order valence-corrected chi connectivity index (χ0v) is 15.4. The van der Waals surface area contributed by atoms with Crippen LogP contribution in [0.2, 0.25) is 0 Å². The van der Waals surface area contributed by atoms with Crippen LogP contribution >= 0.6 is 0 Å². The Morgan fingerprint density at radius 3 is 2.32 bits per heavy atom. The summed E-state index contributed by atoms with van der Waals surface area (Å²) in [7, 11) is 4.05. The Hall–Kier alpha value is -3.81. The standard InChI is InChI=1S/C20H17NO7/c1-25-16-8-12(20(24)27-3)13(9-17(16)26-2)21-19(23)18-10-14(22)11-6-4-5-7-15(11)28-18/h4-10H,1-3H3,(H,21,23). The molecule has 0 atom stereocenters. The van der Waals surface area contributed by atoms with E-state index in [2.05, 4.69) is 5.32 Å². The number of hydrogen-bond acceptors (Lipinski definition) is 7. The quantitative estimate of drug-likeness (QED) is 0.676. The molecule has 28 heavy (non-hydrogen) atoms. The molecule has 0 fully saturated rings. The maximum absolute atomic E-state index is 12.7. The van der Waals surface area contributed by atoms with Gasteiger partial charge < -0.3 is 23.9 Å². The van der Waals surface area contributed by atoms with Crippen LogP contribution in [-0.2, 0) is 4.74 Å². The fourth-order valence-corrected chi connectivity index (χ4v) is 2.66. The highest BCUT2D eigenvalue weighted by molar-refractivity contribution is 6.07. The summed E-state index contributed by atoms with van der Waals surface area (Å²) in [6.07, 6.45) is 0. The highest BCUT2D eigenvalue weighted by Gasteiger charge is 2.21. The van der Waals surface area contributed by atoms with E-state index in [1.165, 1.54) is 33.5 Å². The molecule has 3 aromatic rings. The molecular weight excluding hydrogens is 366 g/mol. The molecule has 0 aliphatic rings. The summed E-state index contributed by atoms with van der Waals surface area (Å²) in [4.78, 5) is 37.0. The smallest absolute Gasteiger partial charge is 0.340 e. The highest BCUT2D eigenvalue weighted by atomic mass is 16.5. The number of nitrogens with one attached hydrogen (secondary N) is 1. The van der Waals surface area contributed by atoms with E-state index in [1.54, 1.807) is 24.3 Å². The van der Waals surface area contributed by atoms with Crippen molar-refractivity contribution in [1.82, 2.24) is 0 Å². The van der Waals surface area contributed by atoms with Crippen molar-refractivity contribution >= 4 is 28.5 Å². The number of anilines is 1. The average Bonchev–Trinajstić information content (AvgIpc) is 2.72. The summed E-state index contributed by atoms with van der Waals surface area (Å²) >= 11 is 0. The first-order valence-corrected chi connectivity index (χ1v) is 8.17. The van der Waals surface area contributed by atoms with Gasteiger partial charge in [0.1, 0.15) is 5.58 Å². The first-order valence-electron chi connectivity index (χ1n) is 8.17. The van der Waals surface area contributed by atoms with Crippen LogP contribution in [0.25, 0.3) is 11.0 Å². The van der Waals surface area contributed by atoms with Crippen LogP contribution in [0.5, 0.6) is 11.5 Å². The minimum absolute atomic E-state index is 0.0524. The lowest BCUT2D eigenvalue weighted by atomic mass is 10.1. The molecule has 1 heterocycles. The molecule has 0 aliphatic heterocycles. The fraction of sp³-hybridized carbons (Fsp3) is 0.150. The summed E-state index contributed by atoms with van der Waals surface area (Å²) < 4.78 is 20.7. The van der Waals surface area contributed by atoms with Crippen molar-refractivity contribution in [3.63, 3.8) is 0 Å². The summed E-state index contributed by atoms with van der Waals surface area (Å²) in [5.41, 5.74) is 0.0927. The number of ether oxygens (including phenoxy) is 3. The number of carbonyl (C=O) groups excluding carboxylic acids is 2. The number of methoxy groups -OCH3 is 3. The van der Waals surface area contributed by atoms with Crippen LogP contribution in [0, 0.1) is 0 Å². The third kappa shape index (κ3) is 3.52. The van der Waals surface area contributed by atoms with Gasteiger partial charge in [-0.2, -0.15) is 0 Å². The van der Waals surface area contributed by atoms with E-state index in [1.807, 2.05) is 0 Å². The number of fused-ring (bicyclic) bond motifs is 1. The van der Waals surface area contributed by atoms with Gasteiger partial charge in [0.05, 0.1) is 38.0 Å². The number of hydrogen-bond donors (Lipinski definition) is 1. The summed E-state index contributed by atoms with van der Waals surface area (Å²) in [6, 6.07) is 10.5. The Balaban J connectivity index is 2.04. The number of esters is 1. The number of carbonyl (C=O) groups is 2. The summed E-state index contributed by atoms with van der Waals surface area (Å²) in [5.74, 6) is -1.01. The summed E-state index contributed by atoms with van der Waals surface area (Å²) in [5, 5.41) is 2.91. The Kier molecular flexibility index (Phi) is 5.30. The molecule has 0 unspecified atom stereocenters.